The van der Waals surface area contributed by atoms with Crippen LogP contribution in [-0.4, -0.2) is 26.5 Å². The third kappa shape index (κ3) is 3.41. The van der Waals surface area contributed by atoms with Crippen LogP contribution in [0.2, 0.25) is 0 Å². The molecule has 0 unspecified atom stereocenters. The lowest BCUT2D eigenvalue weighted by Gasteiger charge is -2.20. The molecule has 0 aliphatic rings. The Morgan fingerprint density at radius 1 is 1.37 bits per heavy atom. The summed E-state index contributed by atoms with van der Waals surface area (Å²) in [6.07, 6.45) is 0. The number of hydrogen-bond donors (Lipinski definition) is 1. The average molecular weight is 284 g/mol. The average Bonchev–Trinajstić information content (AvgIpc) is 2.64. The van der Waals surface area contributed by atoms with Crippen LogP contribution in [0.3, 0.4) is 0 Å². The van der Waals surface area contributed by atoms with E-state index in [4.69, 9.17) is 10.5 Å². The first-order valence-corrected chi connectivity index (χ1v) is 7.32. The van der Waals surface area contributed by atoms with Gasteiger partial charge in [-0.2, -0.15) is 0 Å². The normalized spacial score (nSPS) is 11.2. The van der Waals surface area contributed by atoms with Crippen LogP contribution >= 0.6 is 11.3 Å². The minimum atomic E-state index is -0.0612. The highest BCUT2D eigenvalue weighted by atomic mass is 32.1. The van der Waals surface area contributed by atoms with Gasteiger partial charge in [-0.15, -0.1) is 11.3 Å². The van der Waals surface area contributed by atoms with Crippen LogP contribution in [0.5, 0.6) is 5.75 Å². The molecule has 1 aromatic heterocycles. The molecule has 0 aromatic carbocycles. The highest BCUT2D eigenvalue weighted by Crippen LogP contribution is 2.45. The third-order valence-corrected chi connectivity index (χ3v) is 4.14. The van der Waals surface area contributed by atoms with Gasteiger partial charge >= 0.3 is 0 Å². The molecule has 0 atom stereocenters. The summed E-state index contributed by atoms with van der Waals surface area (Å²) < 4.78 is 5.38. The van der Waals surface area contributed by atoms with Gasteiger partial charge in [0.15, 0.2) is 11.5 Å². The zero-order valence-electron chi connectivity index (χ0n) is 12.6. The summed E-state index contributed by atoms with van der Waals surface area (Å²) in [7, 11) is 3.59. The lowest BCUT2D eigenvalue weighted by molar-refractivity contribution is 0.0944. The molecule has 0 bridgehead atoms. The second-order valence-electron chi connectivity index (χ2n) is 5.48. The first-order valence-electron chi connectivity index (χ1n) is 6.51. The molecule has 1 rings (SSSR count). The fourth-order valence-electron chi connectivity index (χ4n) is 1.94. The standard InChI is InChI=1S/C14H24N2O2S/c1-8(2)7-16(5)14-12(18-6)10(15)13(19-14)11(17)9(3)4/h8-9H,7,15H2,1-6H3. The molecule has 2 N–H and O–H groups in total. The van der Waals surface area contributed by atoms with E-state index >= 15 is 0 Å². The number of nitrogen functional groups attached to an aromatic ring is 1. The van der Waals surface area contributed by atoms with E-state index in [1.807, 2.05) is 20.9 Å². The summed E-state index contributed by atoms with van der Waals surface area (Å²) in [6, 6.07) is 0. The highest BCUT2D eigenvalue weighted by molar-refractivity contribution is 7.19. The van der Waals surface area contributed by atoms with Crippen LogP contribution in [-0.2, 0) is 0 Å². The molecule has 1 heterocycles. The number of thiophene rings is 1. The summed E-state index contributed by atoms with van der Waals surface area (Å²) in [5, 5.41) is 0.928. The van der Waals surface area contributed by atoms with Crippen molar-refractivity contribution in [3.8, 4) is 5.75 Å². The van der Waals surface area contributed by atoms with Gasteiger partial charge in [-0.1, -0.05) is 27.7 Å². The SMILES string of the molecule is COc1c(N(C)CC(C)C)sc(C(=O)C(C)C)c1N. The second kappa shape index (κ2) is 6.28. The lowest BCUT2D eigenvalue weighted by Crippen LogP contribution is -2.21. The molecular formula is C14H24N2O2S. The van der Waals surface area contributed by atoms with Gasteiger partial charge in [-0.3, -0.25) is 4.79 Å². The van der Waals surface area contributed by atoms with Crippen molar-refractivity contribution in [1.82, 2.24) is 0 Å². The second-order valence-corrected chi connectivity index (χ2v) is 6.48. The number of carbonyl (C=O) groups excluding carboxylic acids is 1. The Labute approximate surface area is 119 Å². The minimum Gasteiger partial charge on any atom is -0.492 e. The summed E-state index contributed by atoms with van der Waals surface area (Å²) in [4.78, 5) is 14.9. The molecule has 5 heteroatoms. The fourth-order valence-corrected chi connectivity index (χ4v) is 3.19. The molecule has 0 saturated heterocycles. The molecule has 1 aromatic rings. The van der Waals surface area contributed by atoms with Crippen molar-refractivity contribution in [2.45, 2.75) is 27.7 Å². The van der Waals surface area contributed by atoms with Gasteiger partial charge in [0.2, 0.25) is 0 Å². The Kier molecular flexibility index (Phi) is 5.23. The molecule has 108 valence electrons. The summed E-state index contributed by atoms with van der Waals surface area (Å²) in [5.41, 5.74) is 6.53. The zero-order chi connectivity index (χ0) is 14.7. The molecule has 4 nitrogen and oxygen atoms in total. The van der Waals surface area contributed by atoms with E-state index in [0.717, 1.165) is 11.5 Å². The van der Waals surface area contributed by atoms with Crippen LogP contribution in [0.1, 0.15) is 37.4 Å². The third-order valence-electron chi connectivity index (χ3n) is 2.82. The van der Waals surface area contributed by atoms with Gasteiger partial charge in [-0.25, -0.2) is 0 Å². The first-order chi connectivity index (χ1) is 8.79. The monoisotopic (exact) mass is 284 g/mol. The maximum absolute atomic E-state index is 12.1. The first kappa shape index (κ1) is 15.8. The topological polar surface area (TPSA) is 55.6 Å². The molecule has 0 fully saturated rings. The van der Waals surface area contributed by atoms with Crippen LogP contribution < -0.4 is 15.4 Å². The van der Waals surface area contributed by atoms with Crippen LogP contribution in [0.25, 0.3) is 0 Å². The predicted molar refractivity (Wildman–Crippen MR) is 82.6 cm³/mol. The van der Waals surface area contributed by atoms with Gasteiger partial charge < -0.3 is 15.4 Å². The maximum Gasteiger partial charge on any atom is 0.177 e. The van der Waals surface area contributed by atoms with E-state index in [2.05, 4.69) is 18.7 Å². The van der Waals surface area contributed by atoms with Crippen molar-refractivity contribution >= 4 is 27.8 Å². The number of Topliss-reactive ketones (excluding diaryl/α,β-unsaturated/α-hetero) is 1. The maximum atomic E-state index is 12.1. The molecule has 0 radical (unpaired) electrons. The van der Waals surface area contributed by atoms with Gasteiger partial charge in [0, 0.05) is 19.5 Å². The van der Waals surface area contributed by atoms with Crippen molar-refractivity contribution in [1.29, 1.82) is 0 Å². The number of hydrogen-bond acceptors (Lipinski definition) is 5. The molecule has 19 heavy (non-hydrogen) atoms. The number of nitrogens with two attached hydrogens (primary N) is 1. The summed E-state index contributed by atoms with van der Waals surface area (Å²) in [6.45, 7) is 8.96. The van der Waals surface area contributed by atoms with Crippen LogP contribution in [0, 0.1) is 11.8 Å². The Morgan fingerprint density at radius 3 is 2.37 bits per heavy atom. The Balaban J connectivity index is 3.19. The summed E-state index contributed by atoms with van der Waals surface area (Å²) >= 11 is 1.42. The number of nitrogens with zero attached hydrogens (tertiary/aromatic N) is 1. The zero-order valence-corrected chi connectivity index (χ0v) is 13.4. The molecule has 0 saturated carbocycles. The smallest absolute Gasteiger partial charge is 0.177 e. The number of methoxy groups -OCH3 is 1. The van der Waals surface area contributed by atoms with E-state index in [0.29, 0.717) is 22.2 Å². The highest BCUT2D eigenvalue weighted by Gasteiger charge is 2.25. The van der Waals surface area contributed by atoms with Crippen LogP contribution in [0.15, 0.2) is 0 Å². The fraction of sp³-hybridized carbons (Fsp3) is 0.643. The van der Waals surface area contributed by atoms with E-state index in [9.17, 15) is 4.79 Å². The number of ketones is 1. The Hall–Kier alpha value is -1.23. The van der Waals surface area contributed by atoms with Gasteiger partial charge in [0.1, 0.15) is 5.00 Å². The summed E-state index contributed by atoms with van der Waals surface area (Å²) in [5.74, 6) is 1.17. The van der Waals surface area contributed by atoms with Gasteiger partial charge in [-0.05, 0) is 5.92 Å². The number of carbonyl (C=O) groups is 1. The van der Waals surface area contributed by atoms with Crippen LogP contribution in [0.4, 0.5) is 10.7 Å². The Bertz CT molecular complexity index is 453. The molecule has 0 aliphatic carbocycles. The Morgan fingerprint density at radius 2 is 1.95 bits per heavy atom. The number of rotatable bonds is 6. The van der Waals surface area contributed by atoms with Gasteiger partial charge in [0.05, 0.1) is 17.7 Å². The molecule has 0 spiro atoms. The molecule has 0 amide bonds. The van der Waals surface area contributed by atoms with E-state index in [-0.39, 0.29) is 11.7 Å². The predicted octanol–water partition coefficient (Wildman–Crippen LogP) is 3.27. The number of ether oxygens (including phenoxy) is 1. The molecular weight excluding hydrogens is 260 g/mol. The minimum absolute atomic E-state index is 0.0612. The van der Waals surface area contributed by atoms with E-state index < -0.39 is 0 Å². The quantitative estimate of drug-likeness (QED) is 0.815. The van der Waals surface area contributed by atoms with Crippen molar-refractivity contribution in [3.63, 3.8) is 0 Å². The lowest BCUT2D eigenvalue weighted by atomic mass is 10.1. The van der Waals surface area contributed by atoms with E-state index in [1.165, 1.54) is 11.3 Å². The largest absolute Gasteiger partial charge is 0.492 e. The molecule has 0 aliphatic heterocycles. The number of anilines is 2. The van der Waals surface area contributed by atoms with E-state index in [1.54, 1.807) is 7.11 Å². The van der Waals surface area contributed by atoms with Crippen molar-refractivity contribution in [3.05, 3.63) is 4.88 Å². The van der Waals surface area contributed by atoms with Gasteiger partial charge in [0.25, 0.3) is 0 Å². The van der Waals surface area contributed by atoms with Crippen molar-refractivity contribution < 1.29 is 9.53 Å². The van der Waals surface area contributed by atoms with Crippen molar-refractivity contribution in [2.24, 2.45) is 11.8 Å². The van der Waals surface area contributed by atoms with Crippen molar-refractivity contribution in [2.75, 3.05) is 31.3 Å².